The largest absolute Gasteiger partial charge is 0.483 e. The van der Waals surface area contributed by atoms with Crippen molar-refractivity contribution < 1.29 is 23.8 Å². The third-order valence-corrected chi connectivity index (χ3v) is 5.97. The van der Waals surface area contributed by atoms with Crippen molar-refractivity contribution in [1.82, 2.24) is 19.8 Å². The lowest BCUT2D eigenvalue weighted by Crippen LogP contribution is -2.47. The van der Waals surface area contributed by atoms with Crippen LogP contribution in [-0.4, -0.2) is 63.4 Å². The van der Waals surface area contributed by atoms with Crippen LogP contribution in [0, 0.1) is 0 Å². The van der Waals surface area contributed by atoms with Gasteiger partial charge in [0.25, 0.3) is 11.7 Å². The number of aromatic nitrogens is 2. The van der Waals surface area contributed by atoms with Crippen molar-refractivity contribution in [1.29, 1.82) is 0 Å². The number of amides is 1. The van der Waals surface area contributed by atoms with Crippen LogP contribution in [0.5, 0.6) is 10.9 Å². The van der Waals surface area contributed by atoms with Gasteiger partial charge in [-0.15, -0.1) is 0 Å². The SMILES string of the molecule is CC(=O)N1CCN(Cc2cc3cc(Oc4nc5ncccc5s4)ccc3o2)CC1.O=CO. The van der Waals surface area contributed by atoms with Crippen LogP contribution >= 0.6 is 11.3 Å². The molecule has 0 spiro atoms. The van der Waals surface area contributed by atoms with Gasteiger partial charge in [-0.1, -0.05) is 11.3 Å². The quantitative estimate of drug-likeness (QED) is 0.466. The summed E-state index contributed by atoms with van der Waals surface area (Å²) in [7, 11) is 0. The van der Waals surface area contributed by atoms with Gasteiger partial charge in [0.2, 0.25) is 5.91 Å². The molecule has 5 rings (SSSR count). The van der Waals surface area contributed by atoms with E-state index in [4.69, 9.17) is 19.1 Å². The highest BCUT2D eigenvalue weighted by molar-refractivity contribution is 7.20. The van der Waals surface area contributed by atoms with Crippen LogP contribution in [0.2, 0.25) is 0 Å². The molecule has 32 heavy (non-hydrogen) atoms. The number of pyridine rings is 1. The number of piperazine rings is 1. The first kappa shape index (κ1) is 21.7. The summed E-state index contributed by atoms with van der Waals surface area (Å²) < 4.78 is 12.9. The van der Waals surface area contributed by atoms with Gasteiger partial charge < -0.3 is 19.2 Å². The van der Waals surface area contributed by atoms with E-state index in [1.54, 1.807) is 13.1 Å². The Morgan fingerprint density at radius 3 is 2.75 bits per heavy atom. The Morgan fingerprint density at radius 2 is 2.03 bits per heavy atom. The number of benzene rings is 1. The summed E-state index contributed by atoms with van der Waals surface area (Å²) in [6, 6.07) is 11.7. The standard InChI is InChI=1S/C21H20N4O3S.CH2O2/c1-14(26)25-9-7-24(8-10-25)13-17-12-15-11-16(4-5-18(15)27-17)28-21-23-20-19(29-21)3-2-6-22-20;2-1-3/h2-6,11-12H,7-10,13H2,1H3;1H,(H,2,3). The summed E-state index contributed by atoms with van der Waals surface area (Å²) in [5.41, 5.74) is 1.53. The van der Waals surface area contributed by atoms with E-state index in [9.17, 15) is 4.79 Å². The van der Waals surface area contributed by atoms with Crippen molar-refractivity contribution in [2.45, 2.75) is 13.5 Å². The minimum Gasteiger partial charge on any atom is -0.483 e. The van der Waals surface area contributed by atoms with Gasteiger partial charge in [-0.2, -0.15) is 4.98 Å². The van der Waals surface area contributed by atoms with Crippen molar-refractivity contribution in [3.8, 4) is 10.9 Å². The van der Waals surface area contributed by atoms with Gasteiger partial charge in [0, 0.05) is 44.7 Å². The Labute approximate surface area is 187 Å². The zero-order valence-corrected chi connectivity index (χ0v) is 18.2. The fourth-order valence-corrected chi connectivity index (χ4v) is 4.35. The highest BCUT2D eigenvalue weighted by Crippen LogP contribution is 2.32. The number of hydrogen-bond acceptors (Lipinski definition) is 8. The predicted octanol–water partition coefficient (Wildman–Crippen LogP) is 3.59. The van der Waals surface area contributed by atoms with Gasteiger partial charge in [-0.3, -0.25) is 14.5 Å². The molecule has 0 radical (unpaired) electrons. The molecule has 1 aliphatic heterocycles. The van der Waals surface area contributed by atoms with Crippen LogP contribution in [0.15, 0.2) is 47.0 Å². The fourth-order valence-electron chi connectivity index (χ4n) is 3.55. The van der Waals surface area contributed by atoms with E-state index >= 15 is 0 Å². The summed E-state index contributed by atoms with van der Waals surface area (Å²) in [4.78, 5) is 32.7. The molecule has 0 aliphatic carbocycles. The van der Waals surface area contributed by atoms with E-state index in [2.05, 4.69) is 20.9 Å². The molecule has 0 saturated carbocycles. The molecule has 1 aromatic carbocycles. The molecule has 4 aromatic rings. The van der Waals surface area contributed by atoms with Gasteiger partial charge in [0.05, 0.1) is 11.2 Å². The number of furan rings is 1. The fraction of sp³-hybridized carbons (Fsp3) is 0.273. The van der Waals surface area contributed by atoms with E-state index in [1.165, 1.54) is 11.3 Å². The van der Waals surface area contributed by atoms with Crippen molar-refractivity contribution in [2.24, 2.45) is 0 Å². The van der Waals surface area contributed by atoms with Crippen LogP contribution in [0.25, 0.3) is 21.3 Å². The lowest BCUT2D eigenvalue weighted by molar-refractivity contribution is -0.130. The summed E-state index contributed by atoms with van der Waals surface area (Å²) in [6.45, 7) is 5.36. The molecule has 0 atom stereocenters. The maximum absolute atomic E-state index is 11.5. The number of rotatable bonds is 4. The van der Waals surface area contributed by atoms with Crippen molar-refractivity contribution in [3.63, 3.8) is 0 Å². The number of fused-ring (bicyclic) bond motifs is 2. The average molecular weight is 455 g/mol. The summed E-state index contributed by atoms with van der Waals surface area (Å²) >= 11 is 1.47. The normalized spacial score (nSPS) is 14.2. The molecule has 3 aromatic heterocycles. The molecule has 1 aliphatic rings. The molecule has 0 unspecified atom stereocenters. The number of ether oxygens (including phenoxy) is 1. The van der Waals surface area contributed by atoms with Crippen LogP contribution in [-0.2, 0) is 16.1 Å². The zero-order valence-electron chi connectivity index (χ0n) is 17.4. The third kappa shape index (κ3) is 5.04. The van der Waals surface area contributed by atoms with E-state index in [0.29, 0.717) is 10.8 Å². The van der Waals surface area contributed by atoms with Gasteiger partial charge >= 0.3 is 0 Å². The summed E-state index contributed by atoms with van der Waals surface area (Å²) in [5, 5.41) is 8.46. The molecule has 1 fully saturated rings. The van der Waals surface area contributed by atoms with Gasteiger partial charge in [0.1, 0.15) is 17.1 Å². The molecule has 1 saturated heterocycles. The van der Waals surface area contributed by atoms with E-state index < -0.39 is 0 Å². The Kier molecular flexibility index (Phi) is 6.62. The van der Waals surface area contributed by atoms with Crippen LogP contribution in [0.4, 0.5) is 0 Å². The second kappa shape index (κ2) is 9.75. The van der Waals surface area contributed by atoms with E-state index in [-0.39, 0.29) is 12.4 Å². The molecular weight excluding hydrogens is 432 g/mol. The Balaban J connectivity index is 0.000000775. The zero-order chi connectivity index (χ0) is 22.5. The molecule has 10 heteroatoms. The maximum atomic E-state index is 11.5. The van der Waals surface area contributed by atoms with Crippen molar-refractivity contribution in [2.75, 3.05) is 26.2 Å². The molecule has 4 heterocycles. The van der Waals surface area contributed by atoms with Crippen molar-refractivity contribution in [3.05, 3.63) is 48.4 Å². The number of nitrogens with zero attached hydrogens (tertiary/aromatic N) is 4. The number of thiazole rings is 1. The lowest BCUT2D eigenvalue weighted by Gasteiger charge is -2.33. The molecule has 0 bridgehead atoms. The minimum absolute atomic E-state index is 0.143. The van der Waals surface area contributed by atoms with E-state index in [1.807, 2.05) is 35.2 Å². The lowest BCUT2D eigenvalue weighted by atomic mass is 10.2. The van der Waals surface area contributed by atoms with Gasteiger partial charge in [-0.05, 0) is 36.4 Å². The first-order valence-corrected chi connectivity index (χ1v) is 10.8. The second-order valence-corrected chi connectivity index (χ2v) is 8.20. The average Bonchev–Trinajstić information content (AvgIpc) is 3.37. The summed E-state index contributed by atoms with van der Waals surface area (Å²) in [6.07, 6.45) is 1.73. The Hall–Kier alpha value is -3.50. The van der Waals surface area contributed by atoms with Gasteiger partial charge in [-0.25, -0.2) is 4.98 Å². The van der Waals surface area contributed by atoms with E-state index in [0.717, 1.165) is 59.9 Å². The topological polar surface area (TPSA) is 109 Å². The molecule has 1 N–H and O–H groups in total. The third-order valence-electron chi connectivity index (χ3n) is 5.09. The molecule has 9 nitrogen and oxygen atoms in total. The monoisotopic (exact) mass is 454 g/mol. The van der Waals surface area contributed by atoms with Crippen molar-refractivity contribution >= 4 is 45.0 Å². The summed E-state index contributed by atoms with van der Waals surface area (Å²) in [5.74, 6) is 1.78. The second-order valence-electron chi connectivity index (χ2n) is 7.21. The number of hydrogen-bond donors (Lipinski definition) is 1. The van der Waals surface area contributed by atoms with Crippen LogP contribution in [0.1, 0.15) is 12.7 Å². The first-order valence-electron chi connectivity index (χ1n) is 10.0. The number of carboxylic acid groups (broad SMARTS) is 1. The highest BCUT2D eigenvalue weighted by Gasteiger charge is 2.19. The number of carbonyl (C=O) groups excluding carboxylic acids is 1. The molecule has 1 amide bonds. The maximum Gasteiger partial charge on any atom is 0.290 e. The number of carbonyl (C=O) groups is 2. The first-order chi connectivity index (χ1) is 15.6. The Morgan fingerprint density at radius 1 is 1.25 bits per heavy atom. The highest BCUT2D eigenvalue weighted by atomic mass is 32.1. The predicted molar refractivity (Wildman–Crippen MR) is 120 cm³/mol. The smallest absolute Gasteiger partial charge is 0.290 e. The van der Waals surface area contributed by atoms with Crippen LogP contribution < -0.4 is 4.74 Å². The van der Waals surface area contributed by atoms with Crippen LogP contribution in [0.3, 0.4) is 0 Å². The Bertz CT molecular complexity index is 1200. The molecule has 166 valence electrons. The van der Waals surface area contributed by atoms with Gasteiger partial charge in [0.15, 0.2) is 5.65 Å². The minimum atomic E-state index is -0.250. The molecular formula is C22H22N4O5S.